The van der Waals surface area contributed by atoms with Crippen molar-refractivity contribution in [1.82, 2.24) is 20.1 Å². The normalized spacial score (nSPS) is 11.9. The van der Waals surface area contributed by atoms with Crippen molar-refractivity contribution in [2.45, 2.75) is 26.4 Å². The van der Waals surface area contributed by atoms with Crippen LogP contribution in [0.25, 0.3) is 11.0 Å². The van der Waals surface area contributed by atoms with Gasteiger partial charge in [0.05, 0.1) is 5.69 Å². The van der Waals surface area contributed by atoms with Crippen LogP contribution in [0.15, 0.2) is 36.5 Å². The Morgan fingerprint density at radius 3 is 2.72 bits per heavy atom. The highest BCUT2D eigenvalue weighted by Crippen LogP contribution is 2.26. The van der Waals surface area contributed by atoms with Crippen LogP contribution in [0, 0.1) is 6.92 Å². The van der Waals surface area contributed by atoms with E-state index in [4.69, 9.17) is 0 Å². The maximum absolute atomic E-state index is 12.4. The molecular weight excluding hydrogens is 333 g/mol. The van der Waals surface area contributed by atoms with Crippen molar-refractivity contribution in [2.75, 3.05) is 0 Å². The first kappa shape index (κ1) is 17.2. The lowest BCUT2D eigenvalue weighted by molar-refractivity contribution is -0.274. The van der Waals surface area contributed by atoms with Crippen LogP contribution in [0.5, 0.6) is 5.75 Å². The van der Waals surface area contributed by atoms with Gasteiger partial charge in [0.2, 0.25) is 0 Å². The Morgan fingerprint density at radius 1 is 1.20 bits per heavy atom. The minimum Gasteiger partial charge on any atom is -0.405 e. The van der Waals surface area contributed by atoms with Crippen molar-refractivity contribution < 1.29 is 17.9 Å². The number of hydrogen-bond acceptors (Lipinski definition) is 4. The highest BCUT2D eigenvalue weighted by atomic mass is 19.4. The molecule has 8 heteroatoms. The number of nitrogens with one attached hydrogen (secondary N) is 1. The van der Waals surface area contributed by atoms with Gasteiger partial charge in [-0.15, -0.1) is 13.2 Å². The predicted octanol–water partition coefficient (Wildman–Crippen LogP) is 3.47. The fourth-order valence-corrected chi connectivity index (χ4v) is 2.66. The molecule has 0 bridgehead atoms. The molecule has 0 saturated carbocycles. The van der Waals surface area contributed by atoms with Crippen molar-refractivity contribution in [1.29, 1.82) is 0 Å². The van der Waals surface area contributed by atoms with Gasteiger partial charge in [0, 0.05) is 37.3 Å². The Labute approximate surface area is 142 Å². The van der Waals surface area contributed by atoms with E-state index in [1.807, 2.05) is 20.0 Å². The smallest absolute Gasteiger partial charge is 0.405 e. The summed E-state index contributed by atoms with van der Waals surface area (Å²) in [6.07, 6.45) is -2.97. The van der Waals surface area contributed by atoms with Crippen LogP contribution in [-0.2, 0) is 20.1 Å². The number of nitrogens with zero attached hydrogens (tertiary/aromatic N) is 3. The van der Waals surface area contributed by atoms with Gasteiger partial charge < -0.3 is 10.1 Å². The molecule has 132 valence electrons. The molecule has 3 aromatic rings. The number of hydrogen-bond donors (Lipinski definition) is 1. The number of fused-ring (bicyclic) bond motifs is 1. The molecule has 0 saturated heterocycles. The predicted molar refractivity (Wildman–Crippen MR) is 86.9 cm³/mol. The number of alkyl halides is 3. The maximum atomic E-state index is 12.4. The SMILES string of the molecule is Cc1nn(C)c2ncc(CNCc3ccccc3OC(F)(F)F)cc12. The van der Waals surface area contributed by atoms with Gasteiger partial charge in [-0.25, -0.2) is 4.98 Å². The summed E-state index contributed by atoms with van der Waals surface area (Å²) in [5.41, 5.74) is 3.05. The second-order valence-electron chi connectivity index (χ2n) is 5.68. The fraction of sp³-hybridized carbons (Fsp3) is 0.294. The van der Waals surface area contributed by atoms with Crippen molar-refractivity contribution in [3.05, 3.63) is 53.3 Å². The third kappa shape index (κ3) is 4.08. The van der Waals surface area contributed by atoms with Crippen molar-refractivity contribution in [3.8, 4) is 5.75 Å². The molecule has 2 aromatic heterocycles. The van der Waals surface area contributed by atoms with Gasteiger partial charge in [-0.2, -0.15) is 5.10 Å². The fourth-order valence-electron chi connectivity index (χ4n) is 2.66. The van der Waals surface area contributed by atoms with Crippen LogP contribution in [0.3, 0.4) is 0 Å². The topological polar surface area (TPSA) is 52.0 Å². The van der Waals surface area contributed by atoms with Crippen LogP contribution in [0.2, 0.25) is 0 Å². The summed E-state index contributed by atoms with van der Waals surface area (Å²) in [7, 11) is 1.83. The minimum absolute atomic E-state index is 0.195. The van der Waals surface area contributed by atoms with Gasteiger partial charge in [-0.1, -0.05) is 18.2 Å². The Kier molecular flexibility index (Phi) is 4.63. The lowest BCUT2D eigenvalue weighted by atomic mass is 10.2. The van der Waals surface area contributed by atoms with Gasteiger partial charge in [-0.3, -0.25) is 4.68 Å². The number of ether oxygens (including phenoxy) is 1. The highest BCUT2D eigenvalue weighted by molar-refractivity contribution is 5.78. The van der Waals surface area contributed by atoms with Crippen LogP contribution in [0.1, 0.15) is 16.8 Å². The molecule has 0 fully saturated rings. The third-order valence-corrected chi connectivity index (χ3v) is 3.76. The average molecular weight is 350 g/mol. The van der Waals surface area contributed by atoms with E-state index in [0.717, 1.165) is 22.3 Å². The Balaban J connectivity index is 1.68. The molecule has 0 aliphatic carbocycles. The van der Waals surface area contributed by atoms with E-state index in [0.29, 0.717) is 12.1 Å². The number of benzene rings is 1. The molecule has 1 N–H and O–H groups in total. The molecular formula is C17H17F3N4O. The molecule has 0 unspecified atom stereocenters. The first-order chi connectivity index (χ1) is 11.8. The molecule has 0 radical (unpaired) electrons. The zero-order valence-corrected chi connectivity index (χ0v) is 13.8. The van der Waals surface area contributed by atoms with E-state index < -0.39 is 6.36 Å². The Hall–Kier alpha value is -2.61. The zero-order valence-electron chi connectivity index (χ0n) is 13.8. The van der Waals surface area contributed by atoms with Crippen molar-refractivity contribution in [2.24, 2.45) is 7.05 Å². The van der Waals surface area contributed by atoms with Crippen LogP contribution in [-0.4, -0.2) is 21.1 Å². The molecule has 3 rings (SSSR count). The van der Waals surface area contributed by atoms with E-state index >= 15 is 0 Å². The summed E-state index contributed by atoms with van der Waals surface area (Å²) in [5.74, 6) is -0.195. The van der Waals surface area contributed by atoms with E-state index in [1.54, 1.807) is 23.0 Å². The number of aryl methyl sites for hydroxylation is 2. The minimum atomic E-state index is -4.71. The number of aromatic nitrogens is 3. The quantitative estimate of drug-likeness (QED) is 0.766. The number of para-hydroxylation sites is 1. The van der Waals surface area contributed by atoms with E-state index in [2.05, 4.69) is 20.1 Å². The summed E-state index contributed by atoms with van der Waals surface area (Å²) in [6.45, 7) is 2.62. The first-order valence-electron chi connectivity index (χ1n) is 7.66. The Bertz CT molecular complexity index is 889. The molecule has 1 aromatic carbocycles. The van der Waals surface area contributed by atoms with Crippen LogP contribution in [0.4, 0.5) is 13.2 Å². The molecule has 25 heavy (non-hydrogen) atoms. The molecule has 0 atom stereocenters. The Morgan fingerprint density at radius 2 is 1.96 bits per heavy atom. The average Bonchev–Trinajstić information content (AvgIpc) is 2.82. The lowest BCUT2D eigenvalue weighted by Crippen LogP contribution is -2.20. The zero-order chi connectivity index (χ0) is 18.0. The lowest BCUT2D eigenvalue weighted by Gasteiger charge is -2.13. The second-order valence-corrected chi connectivity index (χ2v) is 5.68. The summed E-state index contributed by atoms with van der Waals surface area (Å²) in [6, 6.07) is 8.06. The van der Waals surface area contributed by atoms with E-state index in [1.165, 1.54) is 12.1 Å². The largest absolute Gasteiger partial charge is 0.573 e. The van der Waals surface area contributed by atoms with Crippen molar-refractivity contribution >= 4 is 11.0 Å². The van der Waals surface area contributed by atoms with Gasteiger partial charge >= 0.3 is 6.36 Å². The van der Waals surface area contributed by atoms with Crippen LogP contribution >= 0.6 is 0 Å². The third-order valence-electron chi connectivity index (χ3n) is 3.76. The van der Waals surface area contributed by atoms with Crippen molar-refractivity contribution in [3.63, 3.8) is 0 Å². The summed E-state index contributed by atoms with van der Waals surface area (Å²) >= 11 is 0. The molecule has 2 heterocycles. The molecule has 0 aliphatic heterocycles. The molecule has 0 aliphatic rings. The van der Waals surface area contributed by atoms with Gasteiger partial charge in [0.15, 0.2) is 5.65 Å². The summed E-state index contributed by atoms with van der Waals surface area (Å²) in [5, 5.41) is 8.40. The number of halogens is 3. The summed E-state index contributed by atoms with van der Waals surface area (Å²) in [4.78, 5) is 4.38. The van der Waals surface area contributed by atoms with Gasteiger partial charge in [0.1, 0.15) is 5.75 Å². The van der Waals surface area contributed by atoms with Gasteiger partial charge in [-0.05, 0) is 24.6 Å². The summed E-state index contributed by atoms with van der Waals surface area (Å²) < 4.78 is 43.1. The van der Waals surface area contributed by atoms with Gasteiger partial charge in [0.25, 0.3) is 0 Å². The second kappa shape index (κ2) is 6.72. The standard InChI is InChI=1S/C17H17F3N4O/c1-11-14-7-12(9-22-16(14)24(2)23-11)8-21-10-13-5-3-4-6-15(13)25-17(18,19)20/h3-7,9,21H,8,10H2,1-2H3. The maximum Gasteiger partial charge on any atom is 0.573 e. The number of pyridine rings is 1. The first-order valence-corrected chi connectivity index (χ1v) is 7.66. The molecule has 0 spiro atoms. The number of rotatable bonds is 5. The van der Waals surface area contributed by atoms with E-state index in [9.17, 15) is 13.2 Å². The molecule has 5 nitrogen and oxygen atoms in total. The van der Waals surface area contributed by atoms with Crippen LogP contribution < -0.4 is 10.1 Å². The monoisotopic (exact) mass is 350 g/mol. The highest BCUT2D eigenvalue weighted by Gasteiger charge is 2.31. The van der Waals surface area contributed by atoms with E-state index in [-0.39, 0.29) is 12.3 Å². The molecule has 0 amide bonds.